The van der Waals surface area contributed by atoms with Crippen LogP contribution in [0.1, 0.15) is 21.6 Å². The van der Waals surface area contributed by atoms with Crippen LogP contribution >= 0.6 is 0 Å². The van der Waals surface area contributed by atoms with Crippen molar-refractivity contribution in [2.75, 3.05) is 24.9 Å². The van der Waals surface area contributed by atoms with E-state index >= 15 is 0 Å². The second-order valence-corrected chi connectivity index (χ2v) is 6.45. The molecule has 0 saturated heterocycles. The van der Waals surface area contributed by atoms with E-state index in [1.807, 2.05) is 6.07 Å². The minimum Gasteiger partial charge on any atom is -0.497 e. The molecule has 0 saturated carbocycles. The Kier molecular flexibility index (Phi) is 5.79. The fraction of sp³-hybridized carbons (Fsp3) is 0.182. The largest absolute Gasteiger partial charge is 0.497 e. The van der Waals surface area contributed by atoms with E-state index in [4.69, 9.17) is 9.47 Å². The summed E-state index contributed by atoms with van der Waals surface area (Å²) in [4.78, 5) is 16.8. The summed E-state index contributed by atoms with van der Waals surface area (Å²) in [5.41, 5.74) is 5.01. The Morgan fingerprint density at radius 3 is 2.25 bits per heavy atom. The minimum absolute atomic E-state index is 0.309. The smallest absolute Gasteiger partial charge is 0.274 e. The Balaban J connectivity index is 1.72. The summed E-state index contributed by atoms with van der Waals surface area (Å²) in [7, 11) is 3.11. The number of carbonyl (C=O) groups excluding carboxylic acids is 1. The number of nitrogens with zero attached hydrogens (tertiary/aromatic N) is 1. The van der Waals surface area contributed by atoms with Gasteiger partial charge in [-0.05, 0) is 61.4 Å². The van der Waals surface area contributed by atoms with Crippen LogP contribution < -0.4 is 20.1 Å². The lowest BCUT2D eigenvalue weighted by molar-refractivity contribution is 0.102. The molecule has 0 aliphatic rings. The number of carbonyl (C=O) groups is 1. The van der Waals surface area contributed by atoms with Crippen LogP contribution in [0.15, 0.2) is 54.7 Å². The summed E-state index contributed by atoms with van der Waals surface area (Å²) in [5.74, 6) is 0.844. The van der Waals surface area contributed by atoms with Crippen LogP contribution in [0.5, 0.6) is 11.5 Å². The van der Waals surface area contributed by atoms with Gasteiger partial charge >= 0.3 is 0 Å². The van der Waals surface area contributed by atoms with E-state index in [0.717, 1.165) is 11.4 Å². The summed E-state index contributed by atoms with van der Waals surface area (Å²) in [5, 5.41) is 6.11. The van der Waals surface area contributed by atoms with Crippen LogP contribution in [0.3, 0.4) is 0 Å². The number of hydrogen-bond acceptors (Lipinski definition) is 5. The molecular formula is C22H23N3O3. The molecule has 0 radical (unpaired) electrons. The average Bonchev–Trinajstić information content (AvgIpc) is 2.68. The Hall–Kier alpha value is -3.54. The van der Waals surface area contributed by atoms with Crippen molar-refractivity contribution in [2.24, 2.45) is 0 Å². The molecule has 6 heteroatoms. The van der Waals surface area contributed by atoms with Gasteiger partial charge in [-0.15, -0.1) is 0 Å². The molecule has 0 aliphatic heterocycles. The second-order valence-electron chi connectivity index (χ2n) is 6.45. The van der Waals surface area contributed by atoms with Gasteiger partial charge in [0.15, 0.2) is 0 Å². The van der Waals surface area contributed by atoms with Gasteiger partial charge in [0, 0.05) is 11.8 Å². The van der Waals surface area contributed by atoms with Crippen LogP contribution in [0.25, 0.3) is 0 Å². The zero-order valence-corrected chi connectivity index (χ0v) is 16.4. The summed E-state index contributed by atoms with van der Waals surface area (Å²) in [6.07, 6.45) is 1.64. The number of rotatable bonds is 6. The summed E-state index contributed by atoms with van der Waals surface area (Å²) < 4.78 is 10.5. The van der Waals surface area contributed by atoms with E-state index in [1.54, 1.807) is 37.6 Å². The normalized spacial score (nSPS) is 10.3. The fourth-order valence-corrected chi connectivity index (χ4v) is 2.90. The number of ether oxygens (including phenoxy) is 2. The van der Waals surface area contributed by atoms with E-state index in [0.29, 0.717) is 22.9 Å². The Bertz CT molecular complexity index is 965. The molecule has 0 atom stereocenters. The third-order valence-electron chi connectivity index (χ3n) is 4.16. The minimum atomic E-state index is -0.318. The van der Waals surface area contributed by atoms with Crippen molar-refractivity contribution in [2.45, 2.75) is 13.8 Å². The first-order chi connectivity index (χ1) is 13.5. The van der Waals surface area contributed by atoms with Crippen molar-refractivity contribution in [3.8, 4) is 11.5 Å². The van der Waals surface area contributed by atoms with Crippen molar-refractivity contribution >= 4 is 23.0 Å². The maximum atomic E-state index is 12.5. The molecule has 3 rings (SSSR count). The molecule has 1 amide bonds. The lowest BCUT2D eigenvalue weighted by Gasteiger charge is -2.12. The first kappa shape index (κ1) is 19.2. The van der Waals surface area contributed by atoms with Crippen LogP contribution in [-0.2, 0) is 0 Å². The van der Waals surface area contributed by atoms with E-state index in [1.165, 1.54) is 18.2 Å². The van der Waals surface area contributed by atoms with Gasteiger partial charge in [0.2, 0.25) is 0 Å². The molecule has 1 heterocycles. The molecule has 2 aromatic carbocycles. The molecule has 0 fully saturated rings. The lowest BCUT2D eigenvalue weighted by atomic mass is 10.1. The van der Waals surface area contributed by atoms with Gasteiger partial charge < -0.3 is 20.1 Å². The van der Waals surface area contributed by atoms with Gasteiger partial charge in [-0.3, -0.25) is 4.79 Å². The van der Waals surface area contributed by atoms with E-state index in [9.17, 15) is 4.79 Å². The molecule has 28 heavy (non-hydrogen) atoms. The van der Waals surface area contributed by atoms with Crippen LogP contribution in [0.4, 0.5) is 17.1 Å². The number of benzene rings is 2. The number of pyridine rings is 1. The number of amides is 1. The van der Waals surface area contributed by atoms with Crippen molar-refractivity contribution in [3.63, 3.8) is 0 Å². The summed E-state index contributed by atoms with van der Waals surface area (Å²) >= 11 is 0. The average molecular weight is 377 g/mol. The predicted octanol–water partition coefficient (Wildman–Crippen LogP) is 4.71. The number of aromatic nitrogens is 1. The number of aryl methyl sites for hydroxylation is 2. The highest BCUT2D eigenvalue weighted by molar-refractivity contribution is 6.03. The topological polar surface area (TPSA) is 72.5 Å². The first-order valence-electron chi connectivity index (χ1n) is 8.83. The first-order valence-corrected chi connectivity index (χ1v) is 8.83. The summed E-state index contributed by atoms with van der Waals surface area (Å²) in [6.45, 7) is 4.11. The van der Waals surface area contributed by atoms with E-state index < -0.39 is 0 Å². The molecule has 6 nitrogen and oxygen atoms in total. The zero-order chi connectivity index (χ0) is 20.1. The third kappa shape index (κ3) is 4.59. The Morgan fingerprint density at radius 1 is 0.893 bits per heavy atom. The number of methoxy groups -OCH3 is 2. The van der Waals surface area contributed by atoms with Gasteiger partial charge in [-0.2, -0.15) is 0 Å². The van der Waals surface area contributed by atoms with Crippen molar-refractivity contribution in [3.05, 3.63) is 71.5 Å². The molecule has 0 aliphatic carbocycles. The quantitative estimate of drug-likeness (QED) is 0.651. The number of hydrogen-bond donors (Lipinski definition) is 2. The molecule has 0 spiro atoms. The highest BCUT2D eigenvalue weighted by atomic mass is 16.5. The second kappa shape index (κ2) is 8.43. The number of nitrogens with one attached hydrogen (secondary N) is 2. The van der Waals surface area contributed by atoms with Gasteiger partial charge in [0.25, 0.3) is 5.91 Å². The van der Waals surface area contributed by atoms with Crippen molar-refractivity contribution < 1.29 is 14.3 Å². The number of anilines is 3. The predicted molar refractivity (Wildman–Crippen MR) is 111 cm³/mol. The van der Waals surface area contributed by atoms with Gasteiger partial charge in [-0.1, -0.05) is 6.07 Å². The van der Waals surface area contributed by atoms with Crippen LogP contribution in [0, 0.1) is 13.8 Å². The molecule has 1 aromatic heterocycles. The van der Waals surface area contributed by atoms with Crippen LogP contribution in [0.2, 0.25) is 0 Å². The molecule has 0 bridgehead atoms. The van der Waals surface area contributed by atoms with Crippen LogP contribution in [-0.4, -0.2) is 25.1 Å². The van der Waals surface area contributed by atoms with E-state index in [2.05, 4.69) is 47.7 Å². The van der Waals surface area contributed by atoms with Crippen molar-refractivity contribution in [1.82, 2.24) is 4.98 Å². The molecular weight excluding hydrogens is 354 g/mol. The lowest BCUT2D eigenvalue weighted by Crippen LogP contribution is -2.14. The van der Waals surface area contributed by atoms with Gasteiger partial charge in [0.05, 0.1) is 31.8 Å². The van der Waals surface area contributed by atoms with Gasteiger partial charge in [0.1, 0.15) is 17.2 Å². The maximum Gasteiger partial charge on any atom is 0.274 e. The molecule has 0 unspecified atom stereocenters. The van der Waals surface area contributed by atoms with E-state index in [-0.39, 0.29) is 5.91 Å². The Morgan fingerprint density at radius 2 is 1.64 bits per heavy atom. The third-order valence-corrected chi connectivity index (χ3v) is 4.16. The molecule has 3 aromatic rings. The summed E-state index contributed by atoms with van der Waals surface area (Å²) in [6, 6.07) is 14.9. The monoisotopic (exact) mass is 377 g/mol. The highest BCUT2D eigenvalue weighted by Crippen LogP contribution is 2.29. The SMILES string of the molecule is COc1ccc(NC(=O)c2ccc(Nc3cc(C)cc(C)c3)cn2)c(OC)c1. The molecule has 2 N–H and O–H groups in total. The zero-order valence-electron chi connectivity index (χ0n) is 16.4. The highest BCUT2D eigenvalue weighted by Gasteiger charge is 2.12. The molecule has 144 valence electrons. The standard InChI is InChI=1S/C22H23N3O3/c1-14-9-15(2)11-17(10-14)24-16-5-7-20(23-13-16)22(26)25-19-8-6-18(27-3)12-21(19)28-4/h5-13,24H,1-4H3,(H,25,26). The fourth-order valence-electron chi connectivity index (χ4n) is 2.90. The maximum absolute atomic E-state index is 12.5. The van der Waals surface area contributed by atoms with Gasteiger partial charge in [-0.25, -0.2) is 4.98 Å². The van der Waals surface area contributed by atoms with Crippen molar-refractivity contribution in [1.29, 1.82) is 0 Å². The Labute approximate surface area is 164 Å².